The summed E-state index contributed by atoms with van der Waals surface area (Å²) >= 11 is 5.50. The minimum Gasteiger partial charge on any atom is -0.354 e. The molecular weight excluding hydrogens is 515 g/mol. The van der Waals surface area contributed by atoms with Crippen molar-refractivity contribution in [3.8, 4) is 0 Å². The molecule has 2 aromatic carbocycles. The van der Waals surface area contributed by atoms with Gasteiger partial charge in [-0.1, -0.05) is 104 Å². The average molecular weight is 549 g/mol. The van der Waals surface area contributed by atoms with Gasteiger partial charge >= 0.3 is 0 Å². The van der Waals surface area contributed by atoms with Gasteiger partial charge in [-0.15, -0.1) is 0 Å². The smallest absolute Gasteiger partial charge is 0.265 e. The summed E-state index contributed by atoms with van der Waals surface area (Å²) in [5, 5.41) is 5.75. The number of benzene rings is 2. The van der Waals surface area contributed by atoms with E-state index in [1.165, 1.54) is 0 Å². The number of hydrogen-bond donors (Lipinski definition) is 2. The predicted molar refractivity (Wildman–Crippen MR) is 168 cm³/mol. The van der Waals surface area contributed by atoms with Gasteiger partial charge < -0.3 is 10.1 Å². The largest absolute Gasteiger partial charge is 0.354 e. The van der Waals surface area contributed by atoms with Gasteiger partial charge in [0.05, 0.1) is 5.71 Å². The number of aliphatic imine (C=N–C) groups is 1. The Balaban J connectivity index is 1.73. The summed E-state index contributed by atoms with van der Waals surface area (Å²) in [6.07, 6.45) is 13.0. The zero-order valence-corrected chi connectivity index (χ0v) is 23.7. The Morgan fingerprint density at radius 3 is 2.48 bits per heavy atom. The maximum Gasteiger partial charge on any atom is 0.265 e. The van der Waals surface area contributed by atoms with Crippen LogP contribution in [0.1, 0.15) is 35.7 Å². The van der Waals surface area contributed by atoms with Crippen molar-refractivity contribution in [2.45, 2.75) is 39.1 Å². The summed E-state index contributed by atoms with van der Waals surface area (Å²) in [5.41, 5.74) is 4.82. The highest BCUT2D eigenvalue weighted by molar-refractivity contribution is 7.80. The van der Waals surface area contributed by atoms with E-state index in [-0.39, 0.29) is 23.8 Å². The summed E-state index contributed by atoms with van der Waals surface area (Å²) in [6.45, 7) is 7.69. The van der Waals surface area contributed by atoms with Crippen molar-refractivity contribution in [3.63, 3.8) is 0 Å². The fraction of sp³-hybridized carbons (Fsp3) is 0.188. The standard InChI is InChI=1S/C32H33BN4O2S/c1-4-14-24(15-5-2)28-26-20-12-13-21-27(26)37(33(3)22-23-16-8-6-9-17-23)31(39)29(34-28)35-32(40)36-30(38)25-18-10-7-11-19-25/h4-11,14-21,29H,1,12-13,22H2,2-3H3,(H2,35,36,38,40)/b15-5-,24-14+. The molecular formula is C32H33BN4O2S. The van der Waals surface area contributed by atoms with E-state index in [0.29, 0.717) is 17.6 Å². The van der Waals surface area contributed by atoms with E-state index in [1.807, 2.05) is 61.1 Å². The first-order valence-electron chi connectivity index (χ1n) is 13.4. The van der Waals surface area contributed by atoms with Gasteiger partial charge in [0, 0.05) is 22.4 Å². The van der Waals surface area contributed by atoms with Crippen LogP contribution in [-0.4, -0.2) is 40.5 Å². The molecule has 2 aromatic rings. The van der Waals surface area contributed by atoms with Crippen LogP contribution in [0.2, 0.25) is 6.82 Å². The third kappa shape index (κ3) is 6.82. The molecule has 1 aliphatic heterocycles. The van der Waals surface area contributed by atoms with E-state index in [1.54, 1.807) is 30.3 Å². The average Bonchev–Trinajstić information content (AvgIpc) is 3.08. The lowest BCUT2D eigenvalue weighted by Crippen LogP contribution is -2.53. The van der Waals surface area contributed by atoms with E-state index < -0.39 is 6.17 Å². The molecule has 2 N–H and O–H groups in total. The Hall–Kier alpha value is -4.30. The molecule has 40 heavy (non-hydrogen) atoms. The van der Waals surface area contributed by atoms with E-state index in [4.69, 9.17) is 17.2 Å². The quantitative estimate of drug-likeness (QED) is 0.256. The third-order valence-electron chi connectivity index (χ3n) is 6.64. The topological polar surface area (TPSA) is 73.8 Å². The molecule has 0 spiro atoms. The Morgan fingerprint density at radius 2 is 1.80 bits per heavy atom. The number of thiocarbonyl (C=S) groups is 1. The molecule has 0 saturated carbocycles. The van der Waals surface area contributed by atoms with Gasteiger partial charge in [-0.25, -0.2) is 4.99 Å². The van der Waals surface area contributed by atoms with Gasteiger partial charge in [-0.2, -0.15) is 0 Å². The molecule has 1 heterocycles. The van der Waals surface area contributed by atoms with Gasteiger partial charge in [0.25, 0.3) is 18.7 Å². The monoisotopic (exact) mass is 548 g/mol. The maximum atomic E-state index is 14.3. The second kappa shape index (κ2) is 13.7. The van der Waals surface area contributed by atoms with E-state index >= 15 is 0 Å². The number of rotatable bonds is 8. The highest BCUT2D eigenvalue weighted by atomic mass is 32.1. The second-order valence-electron chi connectivity index (χ2n) is 9.56. The molecule has 2 amide bonds. The SMILES string of the molecule is C=C/C=C(\C=C/C)C1=NC(NC(=S)NC(=O)c2ccccc2)C(=O)N(B(C)Cc2ccccc2)C2=CCCC=C21. The van der Waals surface area contributed by atoms with Gasteiger partial charge in [-0.05, 0) is 50.4 Å². The van der Waals surface area contributed by atoms with Crippen molar-refractivity contribution in [1.29, 1.82) is 0 Å². The normalized spacial score (nSPS) is 17.2. The molecule has 0 aromatic heterocycles. The third-order valence-corrected chi connectivity index (χ3v) is 6.86. The minimum absolute atomic E-state index is 0.0269. The molecule has 4 rings (SSSR count). The van der Waals surface area contributed by atoms with Crippen LogP contribution in [0, 0.1) is 0 Å². The number of hydrogen-bond acceptors (Lipinski definition) is 4. The molecule has 1 aliphatic carbocycles. The number of allylic oxidation sites excluding steroid dienone is 8. The first-order valence-corrected chi connectivity index (χ1v) is 13.8. The van der Waals surface area contributed by atoms with Crippen LogP contribution >= 0.6 is 12.2 Å². The Morgan fingerprint density at radius 1 is 1.12 bits per heavy atom. The van der Waals surface area contributed by atoms with Crippen LogP contribution < -0.4 is 10.6 Å². The number of nitrogens with zero attached hydrogens (tertiary/aromatic N) is 2. The molecule has 0 saturated heterocycles. The first kappa shape index (κ1) is 28.7. The Kier molecular flexibility index (Phi) is 9.81. The molecule has 2 aliphatic rings. The van der Waals surface area contributed by atoms with Crippen LogP contribution in [0.25, 0.3) is 0 Å². The Bertz CT molecular complexity index is 1430. The number of amides is 2. The lowest BCUT2D eigenvalue weighted by atomic mass is 9.57. The minimum atomic E-state index is -1.05. The van der Waals surface area contributed by atoms with Gasteiger partial charge in [0.1, 0.15) is 0 Å². The van der Waals surface area contributed by atoms with Crippen LogP contribution in [0.3, 0.4) is 0 Å². The molecule has 0 bridgehead atoms. The van der Waals surface area contributed by atoms with Crippen molar-refractivity contribution in [2.24, 2.45) is 4.99 Å². The van der Waals surface area contributed by atoms with E-state index in [2.05, 4.69) is 41.5 Å². The lowest BCUT2D eigenvalue weighted by Gasteiger charge is -2.32. The molecule has 0 fully saturated rings. The van der Waals surface area contributed by atoms with Crippen LogP contribution in [0.15, 0.2) is 126 Å². The van der Waals surface area contributed by atoms with Crippen molar-refractivity contribution in [3.05, 3.63) is 132 Å². The molecule has 1 unspecified atom stereocenters. The van der Waals surface area contributed by atoms with Gasteiger partial charge in [0.15, 0.2) is 11.3 Å². The summed E-state index contributed by atoms with van der Waals surface area (Å²) in [4.78, 5) is 33.8. The fourth-order valence-corrected chi connectivity index (χ4v) is 5.09. The fourth-order valence-electron chi connectivity index (χ4n) is 4.88. The lowest BCUT2D eigenvalue weighted by molar-refractivity contribution is -0.127. The highest BCUT2D eigenvalue weighted by Crippen LogP contribution is 2.32. The van der Waals surface area contributed by atoms with Crippen molar-refractivity contribution < 1.29 is 9.59 Å². The summed E-state index contributed by atoms with van der Waals surface area (Å²) < 4.78 is 0. The van der Waals surface area contributed by atoms with Crippen molar-refractivity contribution in [1.82, 2.24) is 15.4 Å². The number of carbonyl (C=O) groups excluding carboxylic acids is 2. The van der Waals surface area contributed by atoms with Crippen LogP contribution in [0.5, 0.6) is 0 Å². The molecule has 0 radical (unpaired) electrons. The van der Waals surface area contributed by atoms with Crippen LogP contribution in [0.4, 0.5) is 0 Å². The Labute approximate surface area is 242 Å². The summed E-state index contributed by atoms with van der Waals surface area (Å²) in [5.74, 6) is -0.606. The number of fused-ring (bicyclic) bond motifs is 1. The van der Waals surface area contributed by atoms with E-state index in [0.717, 1.165) is 35.2 Å². The summed E-state index contributed by atoms with van der Waals surface area (Å²) in [7, 11) is 0. The molecule has 1 atom stereocenters. The molecule has 8 heteroatoms. The first-order chi connectivity index (χ1) is 19.4. The zero-order valence-electron chi connectivity index (χ0n) is 22.8. The zero-order chi connectivity index (χ0) is 28.5. The maximum absolute atomic E-state index is 14.3. The van der Waals surface area contributed by atoms with E-state index in [9.17, 15) is 9.59 Å². The van der Waals surface area contributed by atoms with Gasteiger partial charge in [-0.3, -0.25) is 14.9 Å². The van der Waals surface area contributed by atoms with Crippen molar-refractivity contribution >= 4 is 41.7 Å². The molecule has 202 valence electrons. The molecule has 6 nitrogen and oxygen atoms in total. The van der Waals surface area contributed by atoms with Crippen LogP contribution in [-0.2, 0) is 11.1 Å². The highest BCUT2D eigenvalue weighted by Gasteiger charge is 2.38. The van der Waals surface area contributed by atoms with Crippen molar-refractivity contribution in [2.75, 3.05) is 0 Å². The number of nitrogens with one attached hydrogen (secondary N) is 2. The predicted octanol–water partition coefficient (Wildman–Crippen LogP) is 5.60. The summed E-state index contributed by atoms with van der Waals surface area (Å²) in [6, 6.07) is 18.9. The second-order valence-corrected chi connectivity index (χ2v) is 9.97. The van der Waals surface area contributed by atoms with Gasteiger partial charge in [0.2, 0.25) is 0 Å². The number of carbonyl (C=O) groups is 2.